The number of amides is 1. The van der Waals surface area contributed by atoms with Crippen LogP contribution < -0.4 is 4.74 Å². The van der Waals surface area contributed by atoms with Gasteiger partial charge in [-0.1, -0.05) is 29.8 Å². The zero-order valence-electron chi connectivity index (χ0n) is 16.0. The van der Waals surface area contributed by atoms with Crippen molar-refractivity contribution in [1.82, 2.24) is 19.9 Å². The van der Waals surface area contributed by atoms with Gasteiger partial charge in [0.25, 0.3) is 0 Å². The van der Waals surface area contributed by atoms with Gasteiger partial charge in [0.2, 0.25) is 5.91 Å². The Labute approximate surface area is 172 Å². The summed E-state index contributed by atoms with van der Waals surface area (Å²) in [7, 11) is 0. The molecule has 4 aromatic rings. The van der Waals surface area contributed by atoms with Crippen molar-refractivity contribution in [2.45, 2.75) is 26.1 Å². The molecule has 6 nitrogen and oxygen atoms in total. The van der Waals surface area contributed by atoms with E-state index in [-0.39, 0.29) is 18.6 Å². The molecule has 3 heterocycles. The van der Waals surface area contributed by atoms with E-state index >= 15 is 0 Å². The number of carbonyl (C=O) groups excluding carboxylic acids is 1. The van der Waals surface area contributed by atoms with Gasteiger partial charge < -0.3 is 9.64 Å². The summed E-state index contributed by atoms with van der Waals surface area (Å²) >= 11 is 1.63. The van der Waals surface area contributed by atoms with Crippen molar-refractivity contribution in [3.63, 3.8) is 0 Å². The maximum atomic E-state index is 13.2. The molecule has 0 aliphatic carbocycles. The predicted molar refractivity (Wildman–Crippen MR) is 112 cm³/mol. The molecule has 2 aromatic carbocycles. The summed E-state index contributed by atoms with van der Waals surface area (Å²) in [6.07, 6.45) is -0.196. The van der Waals surface area contributed by atoms with E-state index < -0.39 is 0 Å². The number of aromatic nitrogens is 3. The van der Waals surface area contributed by atoms with Crippen LogP contribution in [0.25, 0.3) is 11.0 Å². The van der Waals surface area contributed by atoms with Crippen molar-refractivity contribution in [1.29, 1.82) is 0 Å². The van der Waals surface area contributed by atoms with Crippen LogP contribution in [0.1, 0.15) is 22.8 Å². The highest BCUT2D eigenvalue weighted by atomic mass is 32.1. The van der Waals surface area contributed by atoms with Gasteiger partial charge in [-0.05, 0) is 41.9 Å². The van der Waals surface area contributed by atoms with Gasteiger partial charge in [-0.3, -0.25) is 4.79 Å². The second kappa shape index (κ2) is 7.33. The minimum absolute atomic E-state index is 0.0245. The van der Waals surface area contributed by atoms with Crippen molar-refractivity contribution in [2.24, 2.45) is 0 Å². The van der Waals surface area contributed by atoms with E-state index in [0.717, 1.165) is 33.5 Å². The lowest BCUT2D eigenvalue weighted by Gasteiger charge is -2.23. The molecule has 1 amide bonds. The number of nitrogens with zero attached hydrogens (tertiary/aromatic N) is 4. The first-order chi connectivity index (χ1) is 14.2. The molecule has 0 saturated heterocycles. The van der Waals surface area contributed by atoms with Crippen LogP contribution in [0, 0.1) is 6.92 Å². The van der Waals surface area contributed by atoms with E-state index in [9.17, 15) is 4.79 Å². The molecular formula is C22H20N4O2S. The summed E-state index contributed by atoms with van der Waals surface area (Å²) in [5.41, 5.74) is 4.83. The number of carbonyl (C=O) groups is 1. The second-order valence-corrected chi connectivity index (χ2v) is 8.05. The van der Waals surface area contributed by atoms with Crippen molar-refractivity contribution in [2.75, 3.05) is 6.54 Å². The predicted octanol–water partition coefficient (Wildman–Crippen LogP) is 3.96. The smallest absolute Gasteiger partial charge is 0.246 e. The Hall–Kier alpha value is -3.19. The molecule has 2 aromatic heterocycles. The monoisotopic (exact) mass is 404 g/mol. The molecule has 0 N–H and O–H groups in total. The highest BCUT2D eigenvalue weighted by molar-refractivity contribution is 7.07. The molecule has 0 spiro atoms. The molecule has 0 radical (unpaired) electrons. The maximum Gasteiger partial charge on any atom is 0.246 e. The van der Waals surface area contributed by atoms with Crippen LogP contribution in [-0.2, 0) is 17.9 Å². The Morgan fingerprint density at radius 2 is 1.97 bits per heavy atom. The standard InChI is InChI=1S/C22H20N4O2S/c1-15-6-7-20-17(10-15)11-25(12-21(28-20)16-8-9-29-14-16)22(27)13-26-23-18-4-2-3-5-19(18)24-26/h2-10,14,21H,11-13H2,1H3. The van der Waals surface area contributed by atoms with Crippen LogP contribution in [0.5, 0.6) is 5.75 Å². The Kier molecular flexibility index (Phi) is 4.52. The van der Waals surface area contributed by atoms with Crippen molar-refractivity contribution in [3.05, 3.63) is 76.0 Å². The third kappa shape index (κ3) is 3.61. The fraction of sp³-hybridized carbons (Fsp3) is 0.227. The number of aryl methyl sites for hydroxylation is 1. The molecule has 1 aliphatic rings. The number of hydrogen-bond donors (Lipinski definition) is 0. The fourth-order valence-electron chi connectivity index (χ4n) is 3.63. The summed E-state index contributed by atoms with van der Waals surface area (Å²) in [5, 5.41) is 13.0. The summed E-state index contributed by atoms with van der Waals surface area (Å²) in [5.74, 6) is 0.813. The normalized spacial score (nSPS) is 16.3. The van der Waals surface area contributed by atoms with E-state index in [1.807, 2.05) is 53.6 Å². The van der Waals surface area contributed by atoms with Crippen LogP contribution in [0.2, 0.25) is 0 Å². The molecule has 0 fully saturated rings. The van der Waals surface area contributed by atoms with Crippen LogP contribution in [-0.4, -0.2) is 32.3 Å². The summed E-state index contributed by atoms with van der Waals surface area (Å²) in [6.45, 7) is 3.15. The highest BCUT2D eigenvalue weighted by Gasteiger charge is 2.28. The number of benzene rings is 2. The van der Waals surface area contributed by atoms with E-state index in [0.29, 0.717) is 13.1 Å². The lowest BCUT2D eigenvalue weighted by atomic mass is 10.1. The zero-order valence-corrected chi connectivity index (χ0v) is 16.8. The number of ether oxygens (including phenoxy) is 1. The van der Waals surface area contributed by atoms with Crippen molar-refractivity contribution < 1.29 is 9.53 Å². The average Bonchev–Trinajstić information content (AvgIpc) is 3.34. The molecule has 7 heteroatoms. The van der Waals surface area contributed by atoms with Crippen LogP contribution in [0.4, 0.5) is 0 Å². The molecule has 1 atom stereocenters. The lowest BCUT2D eigenvalue weighted by molar-refractivity contribution is -0.133. The molecule has 1 aliphatic heterocycles. The Balaban J connectivity index is 1.44. The molecule has 5 rings (SSSR count). The fourth-order valence-corrected chi connectivity index (χ4v) is 4.33. The molecule has 0 saturated carbocycles. The maximum absolute atomic E-state index is 13.2. The Morgan fingerprint density at radius 1 is 1.17 bits per heavy atom. The van der Waals surface area contributed by atoms with Gasteiger partial charge in [-0.25, -0.2) is 0 Å². The first kappa shape index (κ1) is 17.9. The number of thiophene rings is 1. The van der Waals surface area contributed by atoms with Gasteiger partial charge in [0, 0.05) is 17.7 Å². The number of fused-ring (bicyclic) bond motifs is 2. The van der Waals surface area contributed by atoms with Gasteiger partial charge >= 0.3 is 0 Å². The van der Waals surface area contributed by atoms with Crippen LogP contribution >= 0.6 is 11.3 Å². The lowest BCUT2D eigenvalue weighted by Crippen LogP contribution is -2.36. The van der Waals surface area contributed by atoms with Gasteiger partial charge in [-0.2, -0.15) is 26.3 Å². The molecular weight excluding hydrogens is 384 g/mol. The third-order valence-corrected chi connectivity index (χ3v) is 5.81. The van der Waals surface area contributed by atoms with E-state index in [2.05, 4.69) is 27.7 Å². The molecule has 0 bridgehead atoms. The Bertz CT molecular complexity index is 1140. The average molecular weight is 404 g/mol. The van der Waals surface area contributed by atoms with Gasteiger partial charge in [-0.15, -0.1) is 0 Å². The summed E-state index contributed by atoms with van der Waals surface area (Å²) < 4.78 is 6.31. The molecule has 146 valence electrons. The summed E-state index contributed by atoms with van der Waals surface area (Å²) in [4.78, 5) is 16.5. The minimum Gasteiger partial charge on any atom is -0.483 e. The van der Waals surface area contributed by atoms with E-state index in [4.69, 9.17) is 4.74 Å². The largest absolute Gasteiger partial charge is 0.483 e. The topological polar surface area (TPSA) is 60.2 Å². The first-order valence-electron chi connectivity index (χ1n) is 9.51. The third-order valence-electron chi connectivity index (χ3n) is 5.11. The summed E-state index contributed by atoms with van der Waals surface area (Å²) in [6, 6.07) is 15.8. The SMILES string of the molecule is Cc1ccc2c(c1)CN(C(=O)Cn1nc3ccccc3n1)CC(c1ccsc1)O2. The number of rotatable bonds is 3. The van der Waals surface area contributed by atoms with E-state index in [1.165, 1.54) is 4.80 Å². The molecule has 1 unspecified atom stereocenters. The number of hydrogen-bond acceptors (Lipinski definition) is 5. The first-order valence-corrected chi connectivity index (χ1v) is 10.5. The Morgan fingerprint density at radius 3 is 2.69 bits per heavy atom. The van der Waals surface area contributed by atoms with Crippen molar-refractivity contribution in [3.8, 4) is 5.75 Å². The van der Waals surface area contributed by atoms with Crippen LogP contribution in [0.3, 0.4) is 0 Å². The highest BCUT2D eigenvalue weighted by Crippen LogP contribution is 2.32. The van der Waals surface area contributed by atoms with E-state index in [1.54, 1.807) is 11.3 Å². The minimum atomic E-state index is -0.196. The van der Waals surface area contributed by atoms with Gasteiger partial charge in [0.05, 0.1) is 6.54 Å². The van der Waals surface area contributed by atoms with Crippen LogP contribution in [0.15, 0.2) is 59.3 Å². The second-order valence-electron chi connectivity index (χ2n) is 7.27. The quantitative estimate of drug-likeness (QED) is 0.519. The van der Waals surface area contributed by atoms with Gasteiger partial charge in [0.1, 0.15) is 29.4 Å². The van der Waals surface area contributed by atoms with Crippen molar-refractivity contribution >= 4 is 28.3 Å². The molecule has 29 heavy (non-hydrogen) atoms. The zero-order chi connectivity index (χ0) is 19.8. The van der Waals surface area contributed by atoms with Gasteiger partial charge in [0.15, 0.2) is 0 Å².